The van der Waals surface area contributed by atoms with Crippen LogP contribution >= 0.6 is 0 Å². The van der Waals surface area contributed by atoms with Crippen molar-refractivity contribution in [1.82, 2.24) is 0 Å². The van der Waals surface area contributed by atoms with Crippen LogP contribution in [0.4, 0.5) is 15.8 Å². The van der Waals surface area contributed by atoms with Gasteiger partial charge >= 0.3 is 0 Å². The van der Waals surface area contributed by atoms with Gasteiger partial charge < -0.3 is 10.6 Å². The summed E-state index contributed by atoms with van der Waals surface area (Å²) in [5, 5.41) is 5.72. The van der Waals surface area contributed by atoms with E-state index in [9.17, 15) is 14.0 Å². The average molecular weight is 360 g/mol. The van der Waals surface area contributed by atoms with Crippen LogP contribution in [0.5, 0.6) is 0 Å². The van der Waals surface area contributed by atoms with Gasteiger partial charge in [-0.1, -0.05) is 30.3 Å². The van der Waals surface area contributed by atoms with Gasteiger partial charge in [-0.25, -0.2) is 4.39 Å². The molecular formula is C22H17FN2O2. The number of amides is 2. The van der Waals surface area contributed by atoms with Gasteiger partial charge in [-0.05, 0) is 59.5 Å². The lowest BCUT2D eigenvalue weighted by atomic mass is 9.98. The van der Waals surface area contributed by atoms with Crippen molar-refractivity contribution in [1.29, 1.82) is 0 Å². The minimum absolute atomic E-state index is 0.00306. The van der Waals surface area contributed by atoms with Crippen LogP contribution in [-0.2, 0) is 11.2 Å². The van der Waals surface area contributed by atoms with Gasteiger partial charge in [0.05, 0.1) is 0 Å². The molecule has 4 rings (SSSR count). The third kappa shape index (κ3) is 3.58. The Balaban J connectivity index is 1.62. The summed E-state index contributed by atoms with van der Waals surface area (Å²) in [6.45, 7) is 0. The number of nitrogens with one attached hydrogen (secondary N) is 2. The quantitative estimate of drug-likeness (QED) is 0.715. The molecule has 0 aromatic heterocycles. The Morgan fingerprint density at radius 1 is 0.963 bits per heavy atom. The maximum absolute atomic E-state index is 13.6. The van der Waals surface area contributed by atoms with E-state index in [1.54, 1.807) is 42.5 Å². The summed E-state index contributed by atoms with van der Waals surface area (Å²) >= 11 is 0. The molecule has 0 atom stereocenters. The van der Waals surface area contributed by atoms with E-state index < -0.39 is 0 Å². The molecule has 0 spiro atoms. The molecule has 3 aromatic carbocycles. The van der Waals surface area contributed by atoms with Crippen LogP contribution in [0.3, 0.4) is 0 Å². The zero-order valence-electron chi connectivity index (χ0n) is 14.5. The van der Waals surface area contributed by atoms with Crippen LogP contribution in [0.1, 0.15) is 22.3 Å². The first kappa shape index (κ1) is 17.0. The molecule has 3 aromatic rings. The molecule has 134 valence electrons. The van der Waals surface area contributed by atoms with Crippen LogP contribution < -0.4 is 10.6 Å². The van der Waals surface area contributed by atoms with E-state index >= 15 is 0 Å². The molecule has 4 nitrogen and oxygen atoms in total. The lowest BCUT2D eigenvalue weighted by molar-refractivity contribution is -0.116. The summed E-state index contributed by atoms with van der Waals surface area (Å²) in [5.74, 6) is -0.614. The molecule has 0 saturated carbocycles. The van der Waals surface area contributed by atoms with E-state index in [1.165, 1.54) is 12.1 Å². The number of carbonyl (C=O) groups is 2. The van der Waals surface area contributed by atoms with Crippen molar-refractivity contribution in [2.24, 2.45) is 0 Å². The van der Waals surface area contributed by atoms with Crippen molar-refractivity contribution in [3.63, 3.8) is 0 Å². The second-order valence-electron chi connectivity index (χ2n) is 6.43. The van der Waals surface area contributed by atoms with Crippen LogP contribution in [0.2, 0.25) is 0 Å². The molecule has 1 aliphatic rings. The standard InChI is InChI=1S/C22H17FN2O2/c23-16-5-3-4-14(12-16)18-6-1-2-7-19(18)22(27)24-17-9-10-20-15(13-17)8-11-21(26)25-20/h1-7,9-10,12-13H,8,11H2,(H,24,27)(H,25,26). The third-order valence-corrected chi connectivity index (χ3v) is 4.57. The minimum Gasteiger partial charge on any atom is -0.326 e. The Labute approximate surface area is 156 Å². The third-order valence-electron chi connectivity index (χ3n) is 4.57. The molecule has 2 N–H and O–H groups in total. The molecule has 5 heteroatoms. The van der Waals surface area contributed by atoms with E-state index in [0.29, 0.717) is 35.2 Å². The molecule has 27 heavy (non-hydrogen) atoms. The second-order valence-corrected chi connectivity index (χ2v) is 6.43. The zero-order valence-corrected chi connectivity index (χ0v) is 14.5. The second kappa shape index (κ2) is 7.03. The van der Waals surface area contributed by atoms with Gasteiger partial charge in [-0.3, -0.25) is 9.59 Å². The fourth-order valence-electron chi connectivity index (χ4n) is 3.25. The SMILES string of the molecule is O=C1CCc2cc(NC(=O)c3ccccc3-c3cccc(F)c3)ccc2N1. The molecule has 0 aliphatic carbocycles. The summed E-state index contributed by atoms with van der Waals surface area (Å²) < 4.78 is 13.6. The summed E-state index contributed by atoms with van der Waals surface area (Å²) in [5.41, 5.74) is 4.21. The number of aryl methyl sites for hydroxylation is 1. The van der Waals surface area contributed by atoms with Crippen molar-refractivity contribution in [2.75, 3.05) is 10.6 Å². The van der Waals surface area contributed by atoms with Crippen molar-refractivity contribution in [3.05, 3.63) is 83.7 Å². The average Bonchev–Trinajstić information content (AvgIpc) is 2.68. The largest absolute Gasteiger partial charge is 0.326 e. The highest BCUT2D eigenvalue weighted by molar-refractivity contribution is 6.09. The number of hydrogen-bond donors (Lipinski definition) is 2. The summed E-state index contributed by atoms with van der Waals surface area (Å²) in [7, 11) is 0. The van der Waals surface area contributed by atoms with Gasteiger partial charge in [0, 0.05) is 23.4 Å². The normalized spacial score (nSPS) is 12.9. The molecule has 2 amide bonds. The van der Waals surface area contributed by atoms with Gasteiger partial charge in [0.2, 0.25) is 5.91 Å². The predicted molar refractivity (Wildman–Crippen MR) is 103 cm³/mol. The van der Waals surface area contributed by atoms with Crippen LogP contribution in [0.25, 0.3) is 11.1 Å². The minimum atomic E-state index is -0.348. The number of rotatable bonds is 3. The number of hydrogen-bond acceptors (Lipinski definition) is 2. The van der Waals surface area contributed by atoms with E-state index in [4.69, 9.17) is 0 Å². The summed E-state index contributed by atoms with van der Waals surface area (Å²) in [6, 6.07) is 18.7. The number of benzene rings is 3. The lowest BCUT2D eigenvalue weighted by Gasteiger charge is -2.18. The number of halogens is 1. The molecule has 0 unspecified atom stereocenters. The zero-order chi connectivity index (χ0) is 18.8. The monoisotopic (exact) mass is 360 g/mol. The fraction of sp³-hybridized carbons (Fsp3) is 0.0909. The summed E-state index contributed by atoms with van der Waals surface area (Å²) in [4.78, 5) is 24.3. The maximum Gasteiger partial charge on any atom is 0.256 e. The molecule has 1 heterocycles. The Morgan fingerprint density at radius 3 is 2.67 bits per heavy atom. The number of carbonyl (C=O) groups excluding carboxylic acids is 2. The molecule has 0 radical (unpaired) electrons. The van der Waals surface area contributed by atoms with Crippen molar-refractivity contribution >= 4 is 23.2 Å². The first-order chi connectivity index (χ1) is 13.1. The molecule has 0 bridgehead atoms. The molecule has 0 saturated heterocycles. The highest BCUT2D eigenvalue weighted by Crippen LogP contribution is 2.28. The summed E-state index contributed by atoms with van der Waals surface area (Å²) in [6.07, 6.45) is 1.08. The van der Waals surface area contributed by atoms with Gasteiger partial charge in [0.15, 0.2) is 0 Å². The first-order valence-corrected chi connectivity index (χ1v) is 8.69. The Morgan fingerprint density at radius 2 is 1.81 bits per heavy atom. The van der Waals surface area contributed by atoms with E-state index in [-0.39, 0.29) is 17.6 Å². The van der Waals surface area contributed by atoms with E-state index in [0.717, 1.165) is 11.3 Å². The lowest BCUT2D eigenvalue weighted by Crippen LogP contribution is -2.19. The Hall–Kier alpha value is -3.47. The first-order valence-electron chi connectivity index (χ1n) is 8.69. The maximum atomic E-state index is 13.6. The Kier molecular flexibility index (Phi) is 4.42. The van der Waals surface area contributed by atoms with E-state index in [2.05, 4.69) is 10.6 Å². The van der Waals surface area contributed by atoms with Gasteiger partial charge in [-0.15, -0.1) is 0 Å². The van der Waals surface area contributed by atoms with Crippen molar-refractivity contribution in [3.8, 4) is 11.1 Å². The predicted octanol–water partition coefficient (Wildman–Crippen LogP) is 4.63. The van der Waals surface area contributed by atoms with Crippen LogP contribution in [0, 0.1) is 5.82 Å². The van der Waals surface area contributed by atoms with Gasteiger partial charge in [0.1, 0.15) is 5.82 Å². The highest BCUT2D eigenvalue weighted by Gasteiger charge is 2.17. The van der Waals surface area contributed by atoms with Gasteiger partial charge in [0.25, 0.3) is 5.91 Å². The molecule has 1 aliphatic heterocycles. The number of fused-ring (bicyclic) bond motifs is 1. The van der Waals surface area contributed by atoms with Crippen LogP contribution in [-0.4, -0.2) is 11.8 Å². The van der Waals surface area contributed by atoms with Crippen LogP contribution in [0.15, 0.2) is 66.7 Å². The Bertz CT molecular complexity index is 1050. The van der Waals surface area contributed by atoms with Crippen molar-refractivity contribution in [2.45, 2.75) is 12.8 Å². The molecular weight excluding hydrogens is 343 g/mol. The smallest absolute Gasteiger partial charge is 0.256 e. The van der Waals surface area contributed by atoms with E-state index in [1.807, 2.05) is 12.1 Å². The highest BCUT2D eigenvalue weighted by atomic mass is 19.1. The fourth-order valence-corrected chi connectivity index (χ4v) is 3.25. The number of anilines is 2. The van der Waals surface area contributed by atoms with Crippen molar-refractivity contribution < 1.29 is 14.0 Å². The molecule has 0 fully saturated rings. The van der Waals surface area contributed by atoms with Gasteiger partial charge in [-0.2, -0.15) is 0 Å². The topological polar surface area (TPSA) is 58.2 Å².